The van der Waals surface area contributed by atoms with Crippen LogP contribution in [-0.2, 0) is 15.0 Å². The first-order valence-electron chi connectivity index (χ1n) is 10.6. The van der Waals surface area contributed by atoms with Gasteiger partial charge in [-0.25, -0.2) is 0 Å². The molecule has 2 fully saturated rings. The van der Waals surface area contributed by atoms with Gasteiger partial charge in [0.1, 0.15) is 0 Å². The van der Waals surface area contributed by atoms with Crippen molar-refractivity contribution in [2.75, 3.05) is 25.4 Å². The normalized spacial score (nSPS) is 19.9. The van der Waals surface area contributed by atoms with Crippen LogP contribution in [0.1, 0.15) is 31.2 Å². The fourth-order valence-corrected chi connectivity index (χ4v) is 5.11. The maximum atomic E-state index is 12.9. The van der Waals surface area contributed by atoms with E-state index in [1.54, 1.807) is 11.8 Å². The van der Waals surface area contributed by atoms with Crippen molar-refractivity contribution in [3.8, 4) is 0 Å². The van der Waals surface area contributed by atoms with Gasteiger partial charge in [0.25, 0.3) is 0 Å². The molecule has 2 aliphatic rings. The summed E-state index contributed by atoms with van der Waals surface area (Å²) in [6.45, 7) is 2.17. The summed E-state index contributed by atoms with van der Waals surface area (Å²) >= 11 is 7.57. The molecule has 1 saturated carbocycles. The number of piperidine rings is 1. The number of amides is 2. The van der Waals surface area contributed by atoms with E-state index in [4.69, 9.17) is 11.6 Å². The first-order valence-corrected chi connectivity index (χ1v) is 11.9. The fraction of sp³-hybridized carbons (Fsp3) is 0.417. The van der Waals surface area contributed by atoms with Crippen LogP contribution < -0.4 is 5.32 Å². The molecule has 0 bridgehead atoms. The summed E-state index contributed by atoms with van der Waals surface area (Å²) in [6.07, 6.45) is 3.80. The third-order valence-corrected chi connectivity index (χ3v) is 7.36. The van der Waals surface area contributed by atoms with E-state index in [0.29, 0.717) is 23.2 Å². The summed E-state index contributed by atoms with van der Waals surface area (Å²) in [5, 5.41) is 3.86. The van der Waals surface area contributed by atoms with Crippen molar-refractivity contribution in [2.24, 2.45) is 5.92 Å². The Morgan fingerprint density at radius 2 is 1.83 bits per heavy atom. The van der Waals surface area contributed by atoms with Crippen LogP contribution in [0.15, 0.2) is 59.5 Å². The minimum Gasteiger partial charge on any atom is -0.355 e. The second kappa shape index (κ2) is 9.44. The molecule has 2 aromatic rings. The third-order valence-electron chi connectivity index (χ3n) is 6.11. The van der Waals surface area contributed by atoms with E-state index < -0.39 is 0 Å². The predicted octanol–water partition coefficient (Wildman–Crippen LogP) is 4.52. The Kier molecular flexibility index (Phi) is 6.69. The third kappa shape index (κ3) is 5.01. The molecule has 1 saturated heterocycles. The number of benzene rings is 2. The van der Waals surface area contributed by atoms with Crippen LogP contribution in [0.25, 0.3) is 0 Å². The number of likely N-dealkylation sites (tertiary alicyclic amines) is 1. The lowest BCUT2D eigenvalue weighted by Gasteiger charge is -2.33. The van der Waals surface area contributed by atoms with E-state index >= 15 is 0 Å². The molecule has 6 heteroatoms. The SMILES string of the molecule is O=C(CSc1ccccc1)N1CCCC(CNC(=O)C2(c3ccc(Cl)cc3)CC2)C1. The highest BCUT2D eigenvalue weighted by Gasteiger charge is 2.51. The number of hydrogen-bond acceptors (Lipinski definition) is 3. The number of nitrogens with zero attached hydrogens (tertiary/aromatic N) is 1. The minimum atomic E-state index is -0.388. The van der Waals surface area contributed by atoms with Crippen molar-refractivity contribution in [3.05, 3.63) is 65.2 Å². The number of hydrogen-bond donors (Lipinski definition) is 1. The highest BCUT2D eigenvalue weighted by atomic mass is 35.5. The molecule has 2 amide bonds. The standard InChI is InChI=1S/C24H27ClN2O2S/c25-20-10-8-19(9-11-20)24(12-13-24)23(29)26-15-18-5-4-14-27(16-18)22(28)17-30-21-6-2-1-3-7-21/h1-3,6-11,18H,4-5,12-17H2,(H,26,29). The van der Waals surface area contributed by atoms with Gasteiger partial charge in [-0.1, -0.05) is 41.9 Å². The summed E-state index contributed by atoms with van der Waals surface area (Å²) in [6, 6.07) is 17.6. The summed E-state index contributed by atoms with van der Waals surface area (Å²) in [7, 11) is 0. The van der Waals surface area contributed by atoms with E-state index in [0.717, 1.165) is 49.2 Å². The Hall–Kier alpha value is -1.98. The number of nitrogens with one attached hydrogen (secondary N) is 1. The summed E-state index contributed by atoms with van der Waals surface area (Å²) in [4.78, 5) is 28.6. The van der Waals surface area contributed by atoms with Gasteiger partial charge in [0.05, 0.1) is 11.2 Å². The summed E-state index contributed by atoms with van der Waals surface area (Å²) in [5.41, 5.74) is 0.656. The molecule has 0 spiro atoms. The van der Waals surface area contributed by atoms with Crippen LogP contribution in [0.2, 0.25) is 5.02 Å². The van der Waals surface area contributed by atoms with Crippen LogP contribution in [0.4, 0.5) is 0 Å². The Balaban J connectivity index is 1.26. The van der Waals surface area contributed by atoms with Gasteiger partial charge in [-0.15, -0.1) is 11.8 Å². The molecular weight excluding hydrogens is 416 g/mol. The number of rotatable bonds is 7. The Morgan fingerprint density at radius 3 is 2.53 bits per heavy atom. The lowest BCUT2D eigenvalue weighted by atomic mass is 9.93. The van der Waals surface area contributed by atoms with E-state index in [2.05, 4.69) is 5.32 Å². The van der Waals surface area contributed by atoms with E-state index in [1.807, 2.05) is 59.5 Å². The molecule has 1 unspecified atom stereocenters. The van der Waals surface area contributed by atoms with Gasteiger partial charge in [-0.05, 0) is 61.4 Å². The Bertz CT molecular complexity index is 884. The molecule has 2 aromatic carbocycles. The summed E-state index contributed by atoms with van der Waals surface area (Å²) < 4.78 is 0. The highest BCUT2D eigenvalue weighted by molar-refractivity contribution is 8.00. The lowest BCUT2D eigenvalue weighted by Crippen LogP contribution is -2.45. The first-order chi connectivity index (χ1) is 14.6. The first kappa shape index (κ1) is 21.3. The molecule has 0 radical (unpaired) electrons. The van der Waals surface area contributed by atoms with Gasteiger partial charge in [-0.2, -0.15) is 0 Å². The van der Waals surface area contributed by atoms with Crippen molar-refractivity contribution in [1.29, 1.82) is 0 Å². The number of carbonyl (C=O) groups excluding carboxylic acids is 2. The lowest BCUT2D eigenvalue weighted by molar-refractivity contribution is -0.130. The monoisotopic (exact) mass is 442 g/mol. The van der Waals surface area contributed by atoms with Gasteiger partial charge in [0, 0.05) is 29.6 Å². The number of carbonyl (C=O) groups is 2. The zero-order chi connectivity index (χ0) is 21.0. The molecule has 30 heavy (non-hydrogen) atoms. The minimum absolute atomic E-state index is 0.105. The van der Waals surface area contributed by atoms with Crippen molar-refractivity contribution < 1.29 is 9.59 Å². The topological polar surface area (TPSA) is 49.4 Å². The number of thioether (sulfide) groups is 1. The second-order valence-electron chi connectivity index (χ2n) is 8.25. The largest absolute Gasteiger partial charge is 0.355 e. The molecule has 4 rings (SSSR count). The molecular formula is C24H27ClN2O2S. The zero-order valence-corrected chi connectivity index (χ0v) is 18.6. The van der Waals surface area contributed by atoms with Crippen LogP contribution in [0.5, 0.6) is 0 Å². The Morgan fingerprint density at radius 1 is 1.10 bits per heavy atom. The van der Waals surface area contributed by atoms with Gasteiger partial charge in [-0.3, -0.25) is 9.59 Å². The van der Waals surface area contributed by atoms with Gasteiger partial charge in [0.2, 0.25) is 11.8 Å². The van der Waals surface area contributed by atoms with Gasteiger partial charge in [0.15, 0.2) is 0 Å². The predicted molar refractivity (Wildman–Crippen MR) is 122 cm³/mol. The average Bonchev–Trinajstić information content (AvgIpc) is 3.59. The van der Waals surface area contributed by atoms with Crippen molar-refractivity contribution in [1.82, 2.24) is 10.2 Å². The maximum absolute atomic E-state index is 12.9. The molecule has 1 heterocycles. The maximum Gasteiger partial charge on any atom is 0.232 e. The zero-order valence-electron chi connectivity index (χ0n) is 17.0. The van der Waals surface area contributed by atoms with Crippen LogP contribution in [0.3, 0.4) is 0 Å². The van der Waals surface area contributed by atoms with Gasteiger partial charge < -0.3 is 10.2 Å². The molecule has 158 valence electrons. The fourth-order valence-electron chi connectivity index (χ4n) is 4.16. The van der Waals surface area contributed by atoms with E-state index in [-0.39, 0.29) is 17.2 Å². The summed E-state index contributed by atoms with van der Waals surface area (Å²) in [5.74, 6) is 1.06. The molecule has 1 N–H and O–H groups in total. The van der Waals surface area contributed by atoms with Crippen LogP contribution >= 0.6 is 23.4 Å². The molecule has 1 aliphatic carbocycles. The second-order valence-corrected chi connectivity index (χ2v) is 9.73. The van der Waals surface area contributed by atoms with Crippen LogP contribution in [-0.4, -0.2) is 42.1 Å². The van der Waals surface area contributed by atoms with Crippen LogP contribution in [0, 0.1) is 5.92 Å². The van der Waals surface area contributed by atoms with E-state index in [9.17, 15) is 9.59 Å². The average molecular weight is 443 g/mol. The van der Waals surface area contributed by atoms with Crippen molar-refractivity contribution in [3.63, 3.8) is 0 Å². The smallest absolute Gasteiger partial charge is 0.232 e. The Labute approximate surface area is 187 Å². The quantitative estimate of drug-likeness (QED) is 0.641. The molecule has 1 aliphatic heterocycles. The molecule has 1 atom stereocenters. The number of halogens is 1. The van der Waals surface area contributed by atoms with E-state index in [1.165, 1.54) is 0 Å². The molecule has 4 nitrogen and oxygen atoms in total. The molecule has 0 aromatic heterocycles. The highest BCUT2D eigenvalue weighted by Crippen LogP contribution is 2.48. The van der Waals surface area contributed by atoms with Gasteiger partial charge >= 0.3 is 0 Å². The van der Waals surface area contributed by atoms with Crippen molar-refractivity contribution >= 4 is 35.2 Å². The van der Waals surface area contributed by atoms with Crippen molar-refractivity contribution in [2.45, 2.75) is 36.0 Å².